The van der Waals surface area contributed by atoms with E-state index in [1.165, 1.54) is 5.38 Å². The van der Waals surface area contributed by atoms with Gasteiger partial charge in [-0.15, -0.1) is 11.3 Å². The number of ether oxygens (including phenoxy) is 1. The highest BCUT2D eigenvalue weighted by atomic mass is 32.1. The van der Waals surface area contributed by atoms with E-state index in [-0.39, 0.29) is 17.2 Å². The lowest BCUT2D eigenvalue weighted by molar-refractivity contribution is -0.167. The summed E-state index contributed by atoms with van der Waals surface area (Å²) in [4.78, 5) is 23.2. The summed E-state index contributed by atoms with van der Waals surface area (Å²) in [6, 6.07) is 8.65. The summed E-state index contributed by atoms with van der Waals surface area (Å²) in [5.41, 5.74) is 0.964. The van der Waals surface area contributed by atoms with Crippen LogP contribution in [0.15, 0.2) is 35.7 Å². The van der Waals surface area contributed by atoms with E-state index in [2.05, 4.69) is 0 Å². The van der Waals surface area contributed by atoms with Crippen molar-refractivity contribution in [2.75, 3.05) is 11.9 Å². The fourth-order valence-electron chi connectivity index (χ4n) is 1.86. The monoisotopic (exact) mass is 343 g/mol. The van der Waals surface area contributed by atoms with E-state index >= 15 is 0 Å². The Kier molecular flexibility index (Phi) is 5.05. The average molecular weight is 343 g/mol. The van der Waals surface area contributed by atoms with Gasteiger partial charge in [-0.25, -0.2) is 4.79 Å². The minimum Gasteiger partial charge on any atom is -0.462 e. The molecule has 0 saturated heterocycles. The van der Waals surface area contributed by atoms with Crippen LogP contribution in [-0.4, -0.2) is 24.7 Å². The molecule has 1 N–H and O–H groups in total. The van der Waals surface area contributed by atoms with Crippen molar-refractivity contribution in [3.8, 4) is 11.1 Å². The number of thiophene rings is 1. The molecular formula is C15H12F3NO3S. The zero-order valence-electron chi connectivity index (χ0n) is 11.9. The summed E-state index contributed by atoms with van der Waals surface area (Å²) >= 11 is 0.837. The molecule has 2 aromatic rings. The number of rotatable bonds is 4. The number of hydrogen-bond donors (Lipinski definition) is 1. The molecule has 122 valence electrons. The van der Waals surface area contributed by atoms with Gasteiger partial charge in [0.2, 0.25) is 0 Å². The predicted molar refractivity (Wildman–Crippen MR) is 80.4 cm³/mol. The number of alkyl halides is 3. The van der Waals surface area contributed by atoms with Crippen molar-refractivity contribution < 1.29 is 27.5 Å². The molecule has 2 rings (SSSR count). The molecule has 0 radical (unpaired) electrons. The Morgan fingerprint density at radius 2 is 1.87 bits per heavy atom. The molecule has 0 aliphatic heterocycles. The molecule has 0 fully saturated rings. The minimum atomic E-state index is -5.04. The molecule has 0 spiro atoms. The van der Waals surface area contributed by atoms with Crippen LogP contribution in [0.4, 0.5) is 18.2 Å². The number of carbonyl (C=O) groups is 2. The molecule has 0 atom stereocenters. The maximum absolute atomic E-state index is 12.4. The van der Waals surface area contributed by atoms with E-state index in [0.717, 1.165) is 11.3 Å². The first kappa shape index (κ1) is 17.0. The van der Waals surface area contributed by atoms with Crippen LogP contribution in [0.5, 0.6) is 0 Å². The van der Waals surface area contributed by atoms with E-state index in [1.54, 1.807) is 42.6 Å². The lowest BCUT2D eigenvalue weighted by Gasteiger charge is -2.10. The van der Waals surface area contributed by atoms with Crippen LogP contribution in [0.1, 0.15) is 17.3 Å². The van der Waals surface area contributed by atoms with Crippen molar-refractivity contribution in [3.63, 3.8) is 0 Å². The van der Waals surface area contributed by atoms with Gasteiger partial charge in [-0.2, -0.15) is 13.2 Å². The number of anilines is 1. The lowest BCUT2D eigenvalue weighted by atomic mass is 10.0. The number of nitrogens with one attached hydrogen (secondary N) is 1. The standard InChI is InChI=1S/C15H12F3NO3S/c1-2-22-13(20)11-10(9-6-4-3-5-7-9)8-23-12(11)19-14(21)15(16,17)18/h3-8H,2H2,1H3,(H,19,21). The Balaban J connectivity index is 2.46. The van der Waals surface area contributed by atoms with Crippen molar-refractivity contribution >= 4 is 28.2 Å². The number of esters is 1. The number of halogens is 3. The zero-order chi connectivity index (χ0) is 17.0. The van der Waals surface area contributed by atoms with Gasteiger partial charge in [0.1, 0.15) is 10.6 Å². The van der Waals surface area contributed by atoms with E-state index in [0.29, 0.717) is 11.1 Å². The highest BCUT2D eigenvalue weighted by molar-refractivity contribution is 7.15. The zero-order valence-corrected chi connectivity index (χ0v) is 12.8. The maximum atomic E-state index is 12.4. The van der Waals surface area contributed by atoms with Gasteiger partial charge in [-0.3, -0.25) is 4.79 Å². The molecule has 0 unspecified atom stereocenters. The second-order valence-corrected chi connectivity index (χ2v) is 5.27. The van der Waals surface area contributed by atoms with Crippen LogP contribution in [0.25, 0.3) is 11.1 Å². The fraction of sp³-hybridized carbons (Fsp3) is 0.200. The molecule has 0 aliphatic carbocycles. The smallest absolute Gasteiger partial charge is 0.462 e. The third-order valence-electron chi connectivity index (χ3n) is 2.84. The van der Waals surface area contributed by atoms with E-state index in [9.17, 15) is 22.8 Å². The summed E-state index contributed by atoms with van der Waals surface area (Å²) in [5, 5.41) is 3.05. The highest BCUT2D eigenvalue weighted by Gasteiger charge is 2.39. The maximum Gasteiger partial charge on any atom is 0.471 e. The first-order valence-corrected chi connectivity index (χ1v) is 7.44. The van der Waals surface area contributed by atoms with Crippen LogP contribution in [0.3, 0.4) is 0 Å². The van der Waals surface area contributed by atoms with Crippen molar-refractivity contribution in [3.05, 3.63) is 41.3 Å². The van der Waals surface area contributed by atoms with Gasteiger partial charge in [-0.1, -0.05) is 30.3 Å². The molecule has 1 amide bonds. The van der Waals surface area contributed by atoms with Crippen LogP contribution in [0.2, 0.25) is 0 Å². The predicted octanol–water partition coefficient (Wildman–Crippen LogP) is 4.09. The first-order chi connectivity index (χ1) is 10.8. The van der Waals surface area contributed by atoms with Crippen molar-refractivity contribution in [2.45, 2.75) is 13.1 Å². The van der Waals surface area contributed by atoms with Crippen molar-refractivity contribution in [1.82, 2.24) is 0 Å². The van der Waals surface area contributed by atoms with Gasteiger partial charge in [0, 0.05) is 10.9 Å². The Hall–Kier alpha value is -2.35. The molecule has 8 heteroatoms. The Morgan fingerprint density at radius 3 is 2.43 bits per heavy atom. The molecule has 1 aromatic carbocycles. The number of amides is 1. The van der Waals surface area contributed by atoms with Gasteiger partial charge >= 0.3 is 18.1 Å². The Morgan fingerprint density at radius 1 is 1.22 bits per heavy atom. The number of carbonyl (C=O) groups excluding carboxylic acids is 2. The summed E-state index contributed by atoms with van der Waals surface area (Å²) in [6.07, 6.45) is -5.04. The summed E-state index contributed by atoms with van der Waals surface area (Å²) in [6.45, 7) is 1.65. The number of hydrogen-bond acceptors (Lipinski definition) is 4. The highest BCUT2D eigenvalue weighted by Crippen LogP contribution is 2.36. The van der Waals surface area contributed by atoms with Gasteiger partial charge in [-0.05, 0) is 12.5 Å². The summed E-state index contributed by atoms with van der Waals surface area (Å²) < 4.78 is 42.2. The quantitative estimate of drug-likeness (QED) is 0.851. The van der Waals surface area contributed by atoms with Gasteiger partial charge < -0.3 is 10.1 Å². The van der Waals surface area contributed by atoms with E-state index in [1.807, 2.05) is 0 Å². The Bertz CT molecular complexity index is 711. The molecule has 1 aromatic heterocycles. The van der Waals surface area contributed by atoms with Crippen LogP contribution < -0.4 is 5.32 Å². The molecule has 0 bridgehead atoms. The topological polar surface area (TPSA) is 55.4 Å². The largest absolute Gasteiger partial charge is 0.471 e. The van der Waals surface area contributed by atoms with Crippen molar-refractivity contribution in [1.29, 1.82) is 0 Å². The van der Waals surface area contributed by atoms with Crippen LogP contribution >= 0.6 is 11.3 Å². The SMILES string of the molecule is CCOC(=O)c1c(-c2ccccc2)csc1NC(=O)C(F)(F)F. The first-order valence-electron chi connectivity index (χ1n) is 6.56. The number of benzene rings is 1. The molecule has 0 saturated carbocycles. The third-order valence-corrected chi connectivity index (χ3v) is 3.74. The van der Waals surface area contributed by atoms with Crippen LogP contribution in [-0.2, 0) is 9.53 Å². The average Bonchev–Trinajstić information content (AvgIpc) is 2.91. The second-order valence-electron chi connectivity index (χ2n) is 4.39. The summed E-state index contributed by atoms with van der Waals surface area (Å²) in [5.74, 6) is -2.92. The molecule has 23 heavy (non-hydrogen) atoms. The molecule has 4 nitrogen and oxygen atoms in total. The second kappa shape index (κ2) is 6.82. The van der Waals surface area contributed by atoms with Gasteiger partial charge in [0.25, 0.3) is 0 Å². The fourth-order valence-corrected chi connectivity index (χ4v) is 2.81. The minimum absolute atomic E-state index is 0.0650. The summed E-state index contributed by atoms with van der Waals surface area (Å²) in [7, 11) is 0. The lowest BCUT2D eigenvalue weighted by Crippen LogP contribution is -2.30. The molecule has 1 heterocycles. The van der Waals surface area contributed by atoms with E-state index in [4.69, 9.17) is 4.74 Å². The molecule has 0 aliphatic rings. The third kappa shape index (κ3) is 3.89. The van der Waals surface area contributed by atoms with Crippen molar-refractivity contribution in [2.24, 2.45) is 0 Å². The van der Waals surface area contributed by atoms with E-state index < -0.39 is 18.1 Å². The Labute approximate surface area is 133 Å². The molecular weight excluding hydrogens is 331 g/mol. The van der Waals surface area contributed by atoms with Gasteiger partial charge in [0.15, 0.2) is 0 Å². The normalized spacial score (nSPS) is 11.1. The van der Waals surface area contributed by atoms with Crippen LogP contribution in [0, 0.1) is 0 Å². The van der Waals surface area contributed by atoms with Gasteiger partial charge in [0.05, 0.1) is 6.61 Å².